The van der Waals surface area contributed by atoms with Crippen LogP contribution in [-0.4, -0.2) is 44.8 Å². The first-order valence-electron chi connectivity index (χ1n) is 14.7. The number of rotatable bonds is 7. The lowest BCUT2D eigenvalue weighted by Crippen LogP contribution is -2.34. The van der Waals surface area contributed by atoms with Gasteiger partial charge in [-0.15, -0.1) is 0 Å². The summed E-state index contributed by atoms with van der Waals surface area (Å²) in [5.41, 5.74) is 5.12. The van der Waals surface area contributed by atoms with E-state index in [4.69, 9.17) is 9.72 Å². The molecule has 2 fully saturated rings. The van der Waals surface area contributed by atoms with E-state index in [1.54, 1.807) is 42.5 Å². The van der Waals surface area contributed by atoms with Gasteiger partial charge in [0.25, 0.3) is 0 Å². The van der Waals surface area contributed by atoms with Crippen molar-refractivity contribution in [3.05, 3.63) is 93.5 Å². The predicted molar refractivity (Wildman–Crippen MR) is 184 cm³/mol. The topological polar surface area (TPSA) is 93.6 Å². The highest BCUT2D eigenvalue weighted by Crippen LogP contribution is 2.44. The molecule has 10 heteroatoms. The molecule has 45 heavy (non-hydrogen) atoms. The van der Waals surface area contributed by atoms with E-state index in [9.17, 15) is 19.2 Å². The summed E-state index contributed by atoms with van der Waals surface area (Å²) in [5, 5.41) is 0.612. The van der Waals surface area contributed by atoms with Crippen molar-refractivity contribution >= 4 is 87.9 Å². The number of carbonyl (C=O) groups is 4. The van der Waals surface area contributed by atoms with E-state index in [1.807, 2.05) is 38.1 Å². The number of carbonyl (C=O) groups excluding carboxylic acids is 4. The van der Waals surface area contributed by atoms with Gasteiger partial charge in [-0.2, -0.15) is 0 Å². The summed E-state index contributed by atoms with van der Waals surface area (Å²) in [6.07, 6.45) is 1.88. The minimum absolute atomic E-state index is 0.132. The molecule has 0 spiro atoms. The molecule has 0 N–H and O–H groups in total. The van der Waals surface area contributed by atoms with E-state index in [-0.39, 0.29) is 44.7 Å². The van der Waals surface area contributed by atoms with Crippen LogP contribution in [-0.2, 0) is 20.7 Å². The number of halogens is 3. The largest absolute Gasteiger partial charge is 0.454 e. The average Bonchev–Trinajstić information content (AvgIpc) is 3.27. The number of benzene rings is 3. The molecule has 4 unspecified atom stereocenters. The number of fused-ring (bicyclic) bond motifs is 2. The molecule has 3 aromatic carbocycles. The minimum atomic E-state index is -0.632. The van der Waals surface area contributed by atoms with Crippen molar-refractivity contribution in [2.24, 2.45) is 11.8 Å². The molecule has 1 aliphatic carbocycles. The number of aryl methyl sites for hydroxylation is 2. The fraction of sp³-hybridized carbons (Fsp3) is 0.286. The van der Waals surface area contributed by atoms with Crippen LogP contribution in [0.3, 0.4) is 0 Å². The Bertz CT molecular complexity index is 1810. The standard InChI is InChI=1S/C35H29Br3N2O5/c1-3-19-12-22(36)13-24-27(35(44)45-17-31(41)21-6-4-18(2)5-7-21)16-30(39-32(19)24)20-8-10-23(11-9-20)40-33(42)25-14-28(37)29(38)15-26(25)34(40)43/h4-13,16,25-26,28-29H,3,14-15,17H2,1-2H3. The van der Waals surface area contributed by atoms with Crippen molar-refractivity contribution in [3.8, 4) is 11.3 Å². The number of nitrogens with zero attached hydrogens (tertiary/aromatic N) is 2. The maximum atomic E-state index is 13.5. The first kappa shape index (κ1) is 31.8. The summed E-state index contributed by atoms with van der Waals surface area (Å²) in [6, 6.07) is 19.6. The van der Waals surface area contributed by atoms with Gasteiger partial charge in [0.1, 0.15) is 0 Å². The lowest BCUT2D eigenvalue weighted by atomic mass is 9.81. The third-order valence-electron chi connectivity index (χ3n) is 8.60. The number of imide groups is 1. The minimum Gasteiger partial charge on any atom is -0.454 e. The lowest BCUT2D eigenvalue weighted by Gasteiger charge is -2.29. The van der Waals surface area contributed by atoms with Crippen molar-refractivity contribution in [3.63, 3.8) is 0 Å². The summed E-state index contributed by atoms with van der Waals surface area (Å²) in [4.78, 5) is 59.4. The quantitative estimate of drug-likeness (QED) is 0.0815. The lowest BCUT2D eigenvalue weighted by molar-refractivity contribution is -0.122. The van der Waals surface area contributed by atoms with Crippen molar-refractivity contribution in [2.45, 2.75) is 42.8 Å². The molecule has 2 heterocycles. The van der Waals surface area contributed by atoms with Gasteiger partial charge < -0.3 is 4.74 Å². The number of amides is 2. The van der Waals surface area contributed by atoms with Crippen molar-refractivity contribution < 1.29 is 23.9 Å². The molecule has 0 radical (unpaired) electrons. The predicted octanol–water partition coefficient (Wildman–Crippen LogP) is 8.00. The van der Waals surface area contributed by atoms with Gasteiger partial charge in [0, 0.05) is 30.6 Å². The normalized spacial score (nSPS) is 21.2. The molecule has 4 atom stereocenters. The average molecular weight is 797 g/mol. The Hall–Kier alpha value is -3.21. The Morgan fingerprint density at radius 1 is 0.911 bits per heavy atom. The monoisotopic (exact) mass is 794 g/mol. The van der Waals surface area contributed by atoms with Crippen molar-refractivity contribution in [1.82, 2.24) is 4.98 Å². The number of aromatic nitrogens is 1. The second-order valence-corrected chi connectivity index (χ2v) is 14.8. The molecule has 7 nitrogen and oxygen atoms in total. The molecule has 2 amide bonds. The van der Waals surface area contributed by atoms with E-state index in [0.29, 0.717) is 52.7 Å². The zero-order valence-corrected chi connectivity index (χ0v) is 29.3. The number of hydrogen-bond acceptors (Lipinski definition) is 6. The second-order valence-electron chi connectivity index (χ2n) is 11.5. The molecule has 0 bridgehead atoms. The fourth-order valence-electron chi connectivity index (χ4n) is 6.11. The molecule has 1 aliphatic heterocycles. The highest BCUT2D eigenvalue weighted by molar-refractivity contribution is 9.12. The van der Waals surface area contributed by atoms with Crippen LogP contribution in [0.5, 0.6) is 0 Å². The van der Waals surface area contributed by atoms with Crippen LogP contribution in [0.2, 0.25) is 0 Å². The summed E-state index contributed by atoms with van der Waals surface area (Å²) in [5.74, 6) is -1.95. The highest BCUT2D eigenvalue weighted by atomic mass is 79.9. The summed E-state index contributed by atoms with van der Waals surface area (Å²) in [7, 11) is 0. The molecular formula is C35H29Br3N2O5. The summed E-state index contributed by atoms with van der Waals surface area (Å²) >= 11 is 10.8. The number of pyridine rings is 1. The van der Waals surface area contributed by atoms with Crippen LogP contribution in [0.25, 0.3) is 22.2 Å². The maximum Gasteiger partial charge on any atom is 0.339 e. The van der Waals surface area contributed by atoms with Gasteiger partial charge in [-0.3, -0.25) is 19.3 Å². The molecular weight excluding hydrogens is 768 g/mol. The van der Waals surface area contributed by atoms with E-state index in [2.05, 4.69) is 47.8 Å². The first-order chi connectivity index (χ1) is 21.5. The number of anilines is 1. The number of ketones is 1. The van der Waals surface area contributed by atoms with Gasteiger partial charge in [0.15, 0.2) is 12.4 Å². The zero-order valence-electron chi connectivity index (χ0n) is 24.6. The number of hydrogen-bond donors (Lipinski definition) is 0. The molecule has 6 rings (SSSR count). The maximum absolute atomic E-state index is 13.5. The molecule has 1 aromatic heterocycles. The van der Waals surface area contributed by atoms with Crippen LogP contribution in [0.4, 0.5) is 5.69 Å². The molecule has 2 aliphatic rings. The molecule has 1 saturated heterocycles. The molecule has 230 valence electrons. The van der Waals surface area contributed by atoms with E-state index in [1.165, 1.54) is 4.90 Å². The Morgan fingerprint density at radius 2 is 1.53 bits per heavy atom. The SMILES string of the molecule is CCc1cc(Br)cc2c(C(=O)OCC(=O)c3ccc(C)cc3)cc(-c3ccc(N4C(=O)C5CC(Br)C(Br)CC5C4=O)cc3)nc12. The Balaban J connectivity index is 1.31. The number of Topliss-reactive ketones (excluding diaryl/α,β-unsaturated/α-hetero) is 1. The van der Waals surface area contributed by atoms with Crippen LogP contribution in [0.15, 0.2) is 71.2 Å². The van der Waals surface area contributed by atoms with Gasteiger partial charge in [0.05, 0.1) is 34.3 Å². The fourth-order valence-corrected chi connectivity index (χ4v) is 7.85. The van der Waals surface area contributed by atoms with Gasteiger partial charge >= 0.3 is 5.97 Å². The Morgan fingerprint density at radius 3 is 2.13 bits per heavy atom. The number of esters is 1. The van der Waals surface area contributed by atoms with Gasteiger partial charge in [-0.05, 0) is 62.1 Å². The van der Waals surface area contributed by atoms with Gasteiger partial charge in [0.2, 0.25) is 11.8 Å². The van der Waals surface area contributed by atoms with E-state index >= 15 is 0 Å². The highest BCUT2D eigenvalue weighted by Gasteiger charge is 2.52. The first-order valence-corrected chi connectivity index (χ1v) is 17.3. The van der Waals surface area contributed by atoms with Crippen molar-refractivity contribution in [1.29, 1.82) is 0 Å². The second kappa shape index (κ2) is 12.9. The number of ether oxygens (including phenoxy) is 1. The third kappa shape index (κ3) is 6.16. The van der Waals surface area contributed by atoms with Gasteiger partial charge in [-0.1, -0.05) is 96.7 Å². The number of alkyl halides is 2. The van der Waals surface area contributed by atoms with Crippen LogP contribution in [0, 0.1) is 18.8 Å². The summed E-state index contributed by atoms with van der Waals surface area (Å²) < 4.78 is 6.34. The van der Waals surface area contributed by atoms with Crippen LogP contribution >= 0.6 is 47.8 Å². The zero-order chi connectivity index (χ0) is 32.0. The Kier molecular flexibility index (Phi) is 9.10. The molecule has 4 aromatic rings. The van der Waals surface area contributed by atoms with E-state index in [0.717, 1.165) is 15.6 Å². The smallest absolute Gasteiger partial charge is 0.339 e. The van der Waals surface area contributed by atoms with E-state index < -0.39 is 12.6 Å². The molecule has 1 saturated carbocycles. The third-order valence-corrected chi connectivity index (χ3v) is 11.8. The Labute approximate surface area is 286 Å². The summed E-state index contributed by atoms with van der Waals surface area (Å²) in [6.45, 7) is 3.56. The van der Waals surface area contributed by atoms with Crippen molar-refractivity contribution in [2.75, 3.05) is 11.5 Å². The van der Waals surface area contributed by atoms with Gasteiger partial charge in [-0.25, -0.2) is 9.78 Å². The van der Waals surface area contributed by atoms with Crippen LogP contribution < -0.4 is 4.90 Å². The van der Waals surface area contributed by atoms with Crippen LogP contribution in [0.1, 0.15) is 51.6 Å².